The second-order valence-electron chi connectivity index (χ2n) is 5.84. The average molecular weight is 387 g/mol. The van der Waals surface area contributed by atoms with Gasteiger partial charge in [-0.2, -0.15) is 10.2 Å². The van der Waals surface area contributed by atoms with E-state index in [1.54, 1.807) is 24.3 Å². The summed E-state index contributed by atoms with van der Waals surface area (Å²) < 4.78 is 0. The van der Waals surface area contributed by atoms with Crippen LogP contribution >= 0.6 is 23.2 Å². The van der Waals surface area contributed by atoms with Gasteiger partial charge in [-0.15, -0.1) is 0 Å². The van der Waals surface area contributed by atoms with E-state index in [2.05, 4.69) is 27.6 Å². The van der Waals surface area contributed by atoms with Crippen LogP contribution in [0.5, 0.6) is 0 Å². The van der Waals surface area contributed by atoms with Gasteiger partial charge in [-0.1, -0.05) is 41.4 Å². The molecule has 132 valence electrons. The lowest BCUT2D eigenvalue weighted by Crippen LogP contribution is -2.18. The highest BCUT2D eigenvalue weighted by Gasteiger charge is 2.11. The Morgan fingerprint density at radius 1 is 1.08 bits per heavy atom. The minimum atomic E-state index is -0.385. The number of halogens is 2. The second kappa shape index (κ2) is 7.72. The van der Waals surface area contributed by atoms with Crippen molar-refractivity contribution in [1.82, 2.24) is 15.6 Å². The highest BCUT2D eigenvalue weighted by molar-refractivity contribution is 6.42. The zero-order chi connectivity index (χ0) is 18.7. The van der Waals surface area contributed by atoms with E-state index in [9.17, 15) is 4.79 Å². The van der Waals surface area contributed by atoms with Gasteiger partial charge in [-0.05, 0) is 54.8 Å². The second-order valence-corrected chi connectivity index (χ2v) is 6.65. The molecule has 3 rings (SSSR count). The molecule has 7 heteroatoms. The lowest BCUT2D eigenvalue weighted by molar-refractivity contribution is 0.0950. The number of nitrogens with zero attached hydrogens (tertiary/aromatic N) is 2. The van der Waals surface area contributed by atoms with Crippen LogP contribution in [0, 0.1) is 13.8 Å². The summed E-state index contributed by atoms with van der Waals surface area (Å²) >= 11 is 11.8. The molecule has 1 aromatic heterocycles. The van der Waals surface area contributed by atoms with Crippen molar-refractivity contribution in [3.05, 3.63) is 74.9 Å². The first kappa shape index (κ1) is 18.2. The lowest BCUT2D eigenvalue weighted by Gasteiger charge is -2.01. The standard InChI is InChI=1S/C19H16Cl2N4O/c1-11-3-5-14(7-12(11)2)17-9-18(24-23-17)19(26)25-22-10-13-4-6-15(20)16(21)8-13/h3-10H,1-2H3,(H,23,24)(H,25,26)/b22-10-. The van der Waals surface area contributed by atoms with Crippen molar-refractivity contribution in [3.8, 4) is 11.3 Å². The third-order valence-electron chi connectivity index (χ3n) is 3.95. The molecule has 26 heavy (non-hydrogen) atoms. The Hall–Kier alpha value is -2.63. The molecule has 2 aromatic carbocycles. The van der Waals surface area contributed by atoms with Gasteiger partial charge in [0.25, 0.3) is 5.91 Å². The summed E-state index contributed by atoms with van der Waals surface area (Å²) in [5, 5.41) is 11.7. The number of carbonyl (C=O) groups is 1. The van der Waals surface area contributed by atoms with Gasteiger partial charge in [0.2, 0.25) is 0 Å². The molecule has 0 aliphatic heterocycles. The molecule has 0 spiro atoms. The van der Waals surface area contributed by atoms with E-state index >= 15 is 0 Å². The molecule has 0 aliphatic carbocycles. The number of rotatable bonds is 4. The fourth-order valence-electron chi connectivity index (χ4n) is 2.31. The number of carbonyl (C=O) groups excluding carboxylic acids is 1. The summed E-state index contributed by atoms with van der Waals surface area (Å²) in [5.41, 5.74) is 7.52. The molecule has 1 heterocycles. The van der Waals surface area contributed by atoms with Crippen LogP contribution < -0.4 is 5.43 Å². The quantitative estimate of drug-likeness (QED) is 0.500. The Morgan fingerprint density at radius 2 is 1.88 bits per heavy atom. The Labute approximate surface area is 161 Å². The highest BCUT2D eigenvalue weighted by atomic mass is 35.5. The minimum Gasteiger partial charge on any atom is -0.272 e. The minimum absolute atomic E-state index is 0.324. The van der Waals surface area contributed by atoms with E-state index < -0.39 is 0 Å². The molecule has 0 fully saturated rings. The smallest absolute Gasteiger partial charge is 0.272 e. The maximum atomic E-state index is 12.2. The molecule has 5 nitrogen and oxygen atoms in total. The van der Waals surface area contributed by atoms with E-state index in [4.69, 9.17) is 23.2 Å². The molecule has 1 amide bonds. The van der Waals surface area contributed by atoms with E-state index in [0.717, 1.165) is 11.1 Å². The van der Waals surface area contributed by atoms with E-state index in [-0.39, 0.29) is 5.91 Å². The van der Waals surface area contributed by atoms with Gasteiger partial charge in [-0.25, -0.2) is 5.43 Å². The Kier molecular flexibility index (Phi) is 5.40. The number of aromatic nitrogens is 2. The molecule has 0 saturated heterocycles. The van der Waals surface area contributed by atoms with Gasteiger partial charge in [0.1, 0.15) is 5.69 Å². The first-order valence-corrected chi connectivity index (χ1v) is 8.61. The number of hydrazone groups is 1. The monoisotopic (exact) mass is 386 g/mol. The van der Waals surface area contributed by atoms with Crippen molar-refractivity contribution in [2.45, 2.75) is 13.8 Å². The zero-order valence-electron chi connectivity index (χ0n) is 14.2. The topological polar surface area (TPSA) is 70.1 Å². The summed E-state index contributed by atoms with van der Waals surface area (Å²) in [7, 11) is 0. The molecule has 2 N–H and O–H groups in total. The number of aryl methyl sites for hydroxylation is 2. The number of nitrogens with one attached hydrogen (secondary N) is 2. The van der Waals surface area contributed by atoms with E-state index in [1.165, 1.54) is 17.3 Å². The highest BCUT2D eigenvalue weighted by Crippen LogP contribution is 2.22. The molecule has 0 bridgehead atoms. The average Bonchev–Trinajstić information content (AvgIpc) is 3.10. The van der Waals surface area contributed by atoms with Crippen LogP contribution in [0.2, 0.25) is 10.0 Å². The molecular weight excluding hydrogens is 371 g/mol. The predicted molar refractivity (Wildman–Crippen MR) is 105 cm³/mol. The van der Waals surface area contributed by atoms with Crippen LogP contribution in [0.4, 0.5) is 0 Å². The van der Waals surface area contributed by atoms with Gasteiger partial charge >= 0.3 is 0 Å². The van der Waals surface area contributed by atoms with Crippen molar-refractivity contribution in [3.63, 3.8) is 0 Å². The predicted octanol–water partition coefficient (Wildman–Crippen LogP) is 4.76. The van der Waals surface area contributed by atoms with Crippen LogP contribution in [-0.2, 0) is 0 Å². The summed E-state index contributed by atoms with van der Waals surface area (Å²) in [4.78, 5) is 12.2. The fourth-order valence-corrected chi connectivity index (χ4v) is 2.61. The first-order valence-electron chi connectivity index (χ1n) is 7.85. The third-order valence-corrected chi connectivity index (χ3v) is 4.69. The molecule has 0 atom stereocenters. The Balaban J connectivity index is 1.68. The molecule has 0 radical (unpaired) electrons. The van der Waals surface area contributed by atoms with Crippen molar-refractivity contribution >= 4 is 35.3 Å². The lowest BCUT2D eigenvalue weighted by atomic mass is 10.0. The van der Waals surface area contributed by atoms with Crippen LogP contribution in [0.25, 0.3) is 11.3 Å². The number of aromatic amines is 1. The van der Waals surface area contributed by atoms with Gasteiger partial charge < -0.3 is 0 Å². The normalized spacial score (nSPS) is 11.1. The maximum absolute atomic E-state index is 12.2. The van der Waals surface area contributed by atoms with Crippen molar-refractivity contribution in [1.29, 1.82) is 0 Å². The van der Waals surface area contributed by atoms with Crippen LogP contribution in [-0.4, -0.2) is 22.3 Å². The fraction of sp³-hybridized carbons (Fsp3) is 0.105. The van der Waals surface area contributed by atoms with Gasteiger partial charge in [0, 0.05) is 5.56 Å². The van der Waals surface area contributed by atoms with Gasteiger partial charge in [0.15, 0.2) is 0 Å². The molecule has 0 unspecified atom stereocenters. The van der Waals surface area contributed by atoms with E-state index in [1.807, 2.05) is 25.1 Å². The summed E-state index contributed by atoms with van der Waals surface area (Å²) in [6.07, 6.45) is 1.49. The molecule has 3 aromatic rings. The van der Waals surface area contributed by atoms with Crippen LogP contribution in [0.15, 0.2) is 47.6 Å². The third kappa shape index (κ3) is 4.12. The van der Waals surface area contributed by atoms with Crippen LogP contribution in [0.1, 0.15) is 27.2 Å². The molecular formula is C19H16Cl2N4O. The van der Waals surface area contributed by atoms with E-state index in [0.29, 0.717) is 21.4 Å². The number of hydrogen-bond acceptors (Lipinski definition) is 3. The van der Waals surface area contributed by atoms with Gasteiger partial charge in [-0.3, -0.25) is 9.89 Å². The summed E-state index contributed by atoms with van der Waals surface area (Å²) in [6.45, 7) is 4.09. The van der Waals surface area contributed by atoms with Crippen LogP contribution in [0.3, 0.4) is 0 Å². The number of benzene rings is 2. The first-order chi connectivity index (χ1) is 12.4. The van der Waals surface area contributed by atoms with Crippen molar-refractivity contribution in [2.24, 2.45) is 5.10 Å². The number of H-pyrrole nitrogens is 1. The van der Waals surface area contributed by atoms with Crippen molar-refractivity contribution in [2.75, 3.05) is 0 Å². The Morgan fingerprint density at radius 3 is 2.62 bits per heavy atom. The number of amides is 1. The summed E-state index contributed by atoms with van der Waals surface area (Å²) in [6, 6.07) is 12.8. The van der Waals surface area contributed by atoms with Gasteiger partial charge in [0.05, 0.1) is 22.0 Å². The SMILES string of the molecule is Cc1ccc(-c2cc(C(=O)N/N=C\c3ccc(Cl)c(Cl)c3)[nH]n2)cc1C. The largest absolute Gasteiger partial charge is 0.289 e. The molecule has 0 saturated carbocycles. The number of hydrogen-bond donors (Lipinski definition) is 2. The summed E-state index contributed by atoms with van der Waals surface area (Å²) in [5.74, 6) is -0.385. The zero-order valence-corrected chi connectivity index (χ0v) is 15.7. The Bertz CT molecular complexity index is 995. The van der Waals surface area contributed by atoms with Crippen molar-refractivity contribution < 1.29 is 4.79 Å². The molecule has 0 aliphatic rings. The maximum Gasteiger partial charge on any atom is 0.289 e.